The normalized spacial score (nSPS) is 13.1. The minimum absolute atomic E-state index is 0.0140. The Morgan fingerprint density at radius 1 is 0.672 bits per heavy atom. The van der Waals surface area contributed by atoms with E-state index in [4.69, 9.17) is 38.3 Å². The lowest BCUT2D eigenvalue weighted by Crippen LogP contribution is -2.36. The molecule has 2 aliphatic heterocycles. The average Bonchev–Trinajstić information content (AvgIpc) is 3.24. The van der Waals surface area contributed by atoms with Gasteiger partial charge < -0.3 is 43.0 Å². The molecule has 0 aliphatic carbocycles. The molecule has 0 saturated carbocycles. The Morgan fingerprint density at radius 2 is 1.13 bits per heavy atom. The maximum Gasteiger partial charge on any atom is 0.321 e. The van der Waals surface area contributed by atoms with Crippen LogP contribution in [0.15, 0.2) is 70.5 Å². The van der Waals surface area contributed by atoms with Crippen molar-refractivity contribution < 1.29 is 69.4 Å². The lowest BCUT2D eigenvalue weighted by atomic mass is 10.1. The summed E-state index contributed by atoms with van der Waals surface area (Å²) in [6.07, 6.45) is 0. The van der Waals surface area contributed by atoms with Crippen molar-refractivity contribution in [3.63, 3.8) is 0 Å². The number of benzene rings is 4. The lowest BCUT2D eigenvalue weighted by molar-refractivity contribution is -0.141. The van der Waals surface area contributed by atoms with Crippen LogP contribution in [0, 0.1) is 27.7 Å². The Morgan fingerprint density at radius 3 is 1.59 bits per heavy atom. The van der Waals surface area contributed by atoms with E-state index in [1.54, 1.807) is 64.1 Å². The molecule has 2 heterocycles. The molecule has 6 rings (SSSR count). The molecule has 19 heteroatoms. The number of nitrogens with one attached hydrogen (secondary N) is 1. The van der Waals surface area contributed by atoms with Crippen molar-refractivity contribution in [3.8, 4) is 23.0 Å². The molecule has 0 saturated heterocycles. The van der Waals surface area contributed by atoms with Gasteiger partial charge in [0.1, 0.15) is 36.1 Å². The summed E-state index contributed by atoms with van der Waals surface area (Å²) in [6.45, 7) is 7.45. The number of aliphatic hydroxyl groups excluding tert-OH is 1. The molecule has 0 fully saturated rings. The van der Waals surface area contributed by atoms with E-state index in [1.807, 2.05) is 24.3 Å². The van der Waals surface area contributed by atoms with Gasteiger partial charge in [-0.25, -0.2) is 16.8 Å². The Labute approximate surface area is 356 Å². The zero-order valence-electron chi connectivity index (χ0n) is 35.4. The zero-order chi connectivity index (χ0) is 44.9. The number of aryl methyl sites for hydroxylation is 4. The van der Waals surface area contributed by atoms with Crippen LogP contribution in [0.25, 0.3) is 0 Å². The molecule has 0 aromatic heterocycles. The predicted octanol–water partition coefficient (Wildman–Crippen LogP) is 4.35. The summed E-state index contributed by atoms with van der Waals surface area (Å²) in [5.74, 6) is 1.33. The fourth-order valence-electron chi connectivity index (χ4n) is 6.37. The fraction of sp³-hybridized carbons (Fsp3) is 0.381. The summed E-state index contributed by atoms with van der Waals surface area (Å²) in [6, 6.07) is 17.6. The van der Waals surface area contributed by atoms with Gasteiger partial charge in [0.05, 0.1) is 58.1 Å². The summed E-state index contributed by atoms with van der Waals surface area (Å²) < 4.78 is 95.1. The van der Waals surface area contributed by atoms with Crippen molar-refractivity contribution in [2.45, 2.75) is 63.9 Å². The molecule has 4 aromatic carbocycles. The number of hydrogen-bond acceptors (Lipinski definition) is 15. The van der Waals surface area contributed by atoms with Crippen molar-refractivity contribution in [2.24, 2.45) is 0 Å². The number of fused-ring (bicyclic) bond motifs is 2. The third kappa shape index (κ3) is 12.9. The van der Waals surface area contributed by atoms with Gasteiger partial charge in [-0.3, -0.25) is 9.59 Å². The number of carbonyl (C=O) groups excluding carboxylic acids is 2. The topological polar surface area (TPSA) is 212 Å². The highest BCUT2D eigenvalue weighted by molar-refractivity contribution is 7.89. The van der Waals surface area contributed by atoms with Crippen molar-refractivity contribution >= 4 is 32.0 Å². The molecule has 332 valence electrons. The second kappa shape index (κ2) is 22.0. The third-order valence-corrected chi connectivity index (χ3v) is 13.1. The molecule has 2 N–H and O–H groups in total. The second-order valence-electron chi connectivity index (χ2n) is 13.7. The van der Waals surface area contributed by atoms with Gasteiger partial charge >= 0.3 is 11.9 Å². The molecule has 2 aliphatic rings. The molecule has 0 unspecified atom stereocenters. The molecule has 0 bridgehead atoms. The van der Waals surface area contributed by atoms with Gasteiger partial charge in [0.2, 0.25) is 20.0 Å². The smallest absolute Gasteiger partial charge is 0.321 e. The van der Waals surface area contributed by atoms with Crippen LogP contribution < -0.4 is 23.7 Å². The highest BCUT2D eigenvalue weighted by atomic mass is 32.2. The molecule has 0 radical (unpaired) electrons. The summed E-state index contributed by atoms with van der Waals surface area (Å²) in [5.41, 5.74) is 5.65. The van der Waals surface area contributed by atoms with E-state index < -0.39 is 45.1 Å². The Balaban J connectivity index is 0.000000224. The fourth-order valence-corrected chi connectivity index (χ4v) is 9.57. The number of aliphatic hydroxyl groups is 1. The molecule has 61 heavy (non-hydrogen) atoms. The van der Waals surface area contributed by atoms with Crippen molar-refractivity contribution in [2.75, 3.05) is 55.1 Å². The number of methoxy groups -OCH3 is 4. The van der Waals surface area contributed by atoms with E-state index in [2.05, 4.69) is 9.46 Å². The first kappa shape index (κ1) is 48.4. The number of hydrogen-bond donors (Lipinski definition) is 2. The molecule has 17 nitrogen and oxygen atoms in total. The zero-order valence-corrected chi connectivity index (χ0v) is 37.0. The highest BCUT2D eigenvalue weighted by Gasteiger charge is 2.31. The second-order valence-corrected chi connectivity index (χ2v) is 17.3. The van der Waals surface area contributed by atoms with Gasteiger partial charge in [-0.2, -0.15) is 9.03 Å². The van der Waals surface area contributed by atoms with Crippen molar-refractivity contribution in [1.29, 1.82) is 0 Å². The quantitative estimate of drug-likeness (QED) is 0.179. The number of sulfonamides is 2. The first-order chi connectivity index (χ1) is 29.0. The van der Waals surface area contributed by atoms with Crippen molar-refractivity contribution in [3.05, 3.63) is 105 Å². The van der Waals surface area contributed by atoms with E-state index in [9.17, 15) is 26.4 Å². The van der Waals surface area contributed by atoms with E-state index >= 15 is 0 Å². The number of ether oxygens (including phenoxy) is 8. The number of rotatable bonds is 13. The van der Waals surface area contributed by atoms with Crippen LogP contribution in [0.2, 0.25) is 0 Å². The first-order valence-electron chi connectivity index (χ1n) is 18.7. The van der Waals surface area contributed by atoms with Gasteiger partial charge in [0.15, 0.2) is 13.6 Å². The van der Waals surface area contributed by atoms with Crippen LogP contribution in [-0.4, -0.2) is 93.3 Å². The van der Waals surface area contributed by atoms with Gasteiger partial charge in [-0.1, -0.05) is 24.3 Å². The first-order valence-corrected chi connectivity index (χ1v) is 21.6. The van der Waals surface area contributed by atoms with E-state index in [0.29, 0.717) is 65.1 Å². The number of nitrogens with zero attached hydrogens (tertiary/aromatic N) is 1. The molecular formula is C42H52N2O15S2. The summed E-state index contributed by atoms with van der Waals surface area (Å²) >= 11 is 0. The van der Waals surface area contributed by atoms with Crippen LogP contribution in [0.1, 0.15) is 44.5 Å². The maximum atomic E-state index is 13.5. The Bertz CT molecular complexity index is 2360. The van der Waals surface area contributed by atoms with E-state index in [0.717, 1.165) is 26.7 Å². The van der Waals surface area contributed by atoms with Gasteiger partial charge in [0, 0.05) is 17.7 Å². The summed E-state index contributed by atoms with van der Waals surface area (Å²) in [4.78, 5) is 23.3. The minimum Gasteiger partial charge on any atom is -0.497 e. The summed E-state index contributed by atoms with van der Waals surface area (Å²) in [5, 5.41) is 8.85. The van der Waals surface area contributed by atoms with Crippen molar-refractivity contribution in [1.82, 2.24) is 9.03 Å². The van der Waals surface area contributed by atoms with Gasteiger partial charge in [-0.05, 0) is 97.5 Å². The van der Waals surface area contributed by atoms with Crippen LogP contribution >= 0.6 is 0 Å². The van der Waals surface area contributed by atoms with Gasteiger partial charge in [-0.15, -0.1) is 0 Å². The van der Waals surface area contributed by atoms with Crippen LogP contribution in [-0.2, 0) is 74.9 Å². The van der Waals surface area contributed by atoms with E-state index in [-0.39, 0.29) is 29.7 Å². The largest absolute Gasteiger partial charge is 0.497 e. The monoisotopic (exact) mass is 888 g/mol. The van der Waals surface area contributed by atoms with Crippen LogP contribution in [0.4, 0.5) is 0 Å². The SMILES string of the molecule is COC(=O)CN(Cc1ccc2c(c1)OCOC2)S(=O)(=O)c1c(C)cc(OC)cc1C.COC(=O)CNS(=O)(=O)c1c(C)cc(OC)cc1C.OCc1ccc2c(c1)OCOC2. The number of esters is 2. The average molecular weight is 889 g/mol. The predicted molar refractivity (Wildman–Crippen MR) is 221 cm³/mol. The Kier molecular flexibility index (Phi) is 17.5. The molecule has 4 aromatic rings. The maximum absolute atomic E-state index is 13.5. The van der Waals surface area contributed by atoms with Gasteiger partial charge in [0.25, 0.3) is 0 Å². The molecular weight excluding hydrogens is 837 g/mol. The Hall–Kier alpha value is -5.28. The molecule has 0 atom stereocenters. The minimum atomic E-state index is -4.00. The van der Waals surface area contributed by atoms with Crippen LogP contribution in [0.5, 0.6) is 23.0 Å². The molecule has 0 spiro atoms. The molecule has 0 amide bonds. The lowest BCUT2D eigenvalue weighted by Gasteiger charge is -2.24. The summed E-state index contributed by atoms with van der Waals surface area (Å²) in [7, 11) is -2.30. The van der Waals surface area contributed by atoms with Crippen LogP contribution in [0.3, 0.4) is 0 Å². The standard InChI is InChI=1S/C21H25NO7S.C12H17NO5S.C9H10O3/c1-14-7-18(26-3)8-15(2)21(14)30(24,25)22(11-20(23)27-4)10-16-5-6-17-12-28-13-29-19(17)9-16;1-8-5-10(17-3)6-9(2)12(8)19(15,16)13-7-11(14)18-4;10-4-7-1-2-8-5-11-6-12-9(8)3-7/h5-9H,10-13H2,1-4H3;5-6,13H,7H2,1-4H3;1-3,10H,4-6H2. The van der Waals surface area contributed by atoms with E-state index in [1.165, 1.54) is 28.4 Å². The highest BCUT2D eigenvalue weighted by Crippen LogP contribution is 2.31. The number of carbonyl (C=O) groups is 2. The third-order valence-electron chi connectivity index (χ3n) is 9.29.